The highest BCUT2D eigenvalue weighted by atomic mass is 16.6. The number of carbonyl (C=O) groups excluding carboxylic acids is 6. The van der Waals surface area contributed by atoms with Crippen LogP contribution in [0.25, 0.3) is 0 Å². The first-order chi connectivity index (χ1) is 23.0. The van der Waals surface area contributed by atoms with Gasteiger partial charge in [-0.05, 0) is 0 Å². The van der Waals surface area contributed by atoms with Gasteiger partial charge in [0.25, 0.3) is 35.4 Å². The van der Waals surface area contributed by atoms with Crippen molar-refractivity contribution in [3.63, 3.8) is 0 Å². The normalized spacial score (nSPS) is 18.7. The largest absolute Gasteiger partial charge is 0.389 e. The molecule has 0 saturated carbocycles. The molecule has 0 aliphatic carbocycles. The summed E-state index contributed by atoms with van der Waals surface area (Å²) in [6.45, 7) is -0.211. The molecule has 3 aliphatic rings. The van der Waals surface area contributed by atoms with Gasteiger partial charge in [-0.1, -0.05) is 0 Å². The molecule has 0 radical (unpaired) electrons. The molecular formula is C30H41N3O15. The van der Waals surface area contributed by atoms with Gasteiger partial charge >= 0.3 is 0 Å². The van der Waals surface area contributed by atoms with Crippen molar-refractivity contribution >= 4 is 35.4 Å². The predicted octanol–water partition coefficient (Wildman–Crippen LogP) is -3.69. The van der Waals surface area contributed by atoms with Crippen LogP contribution in [0.5, 0.6) is 0 Å². The maximum atomic E-state index is 11.6. The highest BCUT2D eigenvalue weighted by Crippen LogP contribution is 2.07. The van der Waals surface area contributed by atoms with Crippen LogP contribution >= 0.6 is 0 Å². The summed E-state index contributed by atoms with van der Waals surface area (Å²) in [6.07, 6.45) is 2.96. The second-order valence-corrected chi connectivity index (χ2v) is 10.7. The first-order valence-corrected chi connectivity index (χ1v) is 15.2. The van der Waals surface area contributed by atoms with Crippen LogP contribution in [-0.4, -0.2) is 182 Å². The minimum absolute atomic E-state index is 0.0742. The Hall–Kier alpha value is -3.72. The lowest BCUT2D eigenvalue weighted by atomic mass is 10.3. The maximum Gasteiger partial charge on any atom is 0.253 e. The Labute approximate surface area is 276 Å². The molecule has 18 heteroatoms. The molecule has 48 heavy (non-hydrogen) atoms. The molecule has 0 bridgehead atoms. The van der Waals surface area contributed by atoms with Crippen LogP contribution in [0.2, 0.25) is 0 Å². The minimum atomic E-state index is -1.08. The first kappa shape index (κ1) is 38.7. The minimum Gasteiger partial charge on any atom is -0.389 e. The van der Waals surface area contributed by atoms with Gasteiger partial charge in [0.2, 0.25) is 0 Å². The molecule has 0 aromatic rings. The molecular weight excluding hydrogens is 642 g/mol. The Morgan fingerprint density at radius 2 is 0.667 bits per heavy atom. The predicted molar refractivity (Wildman–Crippen MR) is 159 cm³/mol. The number of ether oxygens (including phenoxy) is 6. The van der Waals surface area contributed by atoms with Crippen molar-refractivity contribution in [2.75, 3.05) is 92.3 Å². The Morgan fingerprint density at radius 1 is 0.417 bits per heavy atom. The van der Waals surface area contributed by atoms with Gasteiger partial charge in [-0.3, -0.25) is 43.5 Å². The topological polar surface area (TPSA) is 228 Å². The van der Waals surface area contributed by atoms with E-state index in [1.54, 1.807) is 0 Å². The van der Waals surface area contributed by atoms with Crippen LogP contribution in [0.1, 0.15) is 0 Å². The van der Waals surface area contributed by atoms with Crippen LogP contribution in [0.15, 0.2) is 36.5 Å². The van der Waals surface area contributed by atoms with E-state index in [-0.39, 0.29) is 92.3 Å². The van der Waals surface area contributed by atoms with E-state index in [2.05, 4.69) is 0 Å². The summed E-state index contributed by atoms with van der Waals surface area (Å²) < 4.78 is 33.1. The Kier molecular flexibility index (Phi) is 16.6. The van der Waals surface area contributed by atoms with Crippen LogP contribution in [0.3, 0.4) is 0 Å². The van der Waals surface area contributed by atoms with E-state index in [1.807, 2.05) is 0 Å². The molecule has 3 N–H and O–H groups in total. The Morgan fingerprint density at radius 3 is 0.958 bits per heavy atom. The summed E-state index contributed by atoms with van der Waals surface area (Å²) in [7, 11) is 0. The molecule has 3 atom stereocenters. The summed E-state index contributed by atoms with van der Waals surface area (Å²) in [4.78, 5) is 72.4. The van der Waals surface area contributed by atoms with E-state index in [4.69, 9.17) is 28.4 Å². The van der Waals surface area contributed by atoms with Gasteiger partial charge in [0.1, 0.15) is 6.10 Å². The molecule has 18 nitrogen and oxygen atoms in total. The summed E-state index contributed by atoms with van der Waals surface area (Å²) in [5.41, 5.74) is 0. The number of aliphatic hydroxyl groups is 3. The summed E-state index contributed by atoms with van der Waals surface area (Å²) in [5, 5.41) is 30.2. The van der Waals surface area contributed by atoms with Gasteiger partial charge in [-0.15, -0.1) is 0 Å². The molecule has 266 valence electrons. The van der Waals surface area contributed by atoms with Crippen molar-refractivity contribution in [3.05, 3.63) is 36.5 Å². The van der Waals surface area contributed by atoms with Crippen LogP contribution in [-0.2, 0) is 57.2 Å². The quantitative estimate of drug-likeness (QED) is 0.0589. The second kappa shape index (κ2) is 20.6. The van der Waals surface area contributed by atoms with Gasteiger partial charge < -0.3 is 43.7 Å². The number of nitrogens with zero attached hydrogens (tertiary/aromatic N) is 3. The fraction of sp³-hybridized carbons (Fsp3) is 0.600. The fourth-order valence-electron chi connectivity index (χ4n) is 4.36. The number of imide groups is 3. The van der Waals surface area contributed by atoms with Gasteiger partial charge in [0.05, 0.1) is 111 Å². The van der Waals surface area contributed by atoms with Gasteiger partial charge in [-0.25, -0.2) is 0 Å². The molecule has 3 unspecified atom stereocenters. The van der Waals surface area contributed by atoms with E-state index in [9.17, 15) is 44.1 Å². The number of β-amino-alcohol motifs (C(OH)–C–C–N with tert-alkyl or cyclic N) is 3. The number of rotatable bonds is 26. The van der Waals surface area contributed by atoms with Crippen LogP contribution in [0, 0.1) is 0 Å². The summed E-state index contributed by atoms with van der Waals surface area (Å²) in [5.74, 6) is -3.01. The average molecular weight is 684 g/mol. The molecule has 0 aromatic heterocycles. The third-order valence-electron chi connectivity index (χ3n) is 6.75. The van der Waals surface area contributed by atoms with E-state index >= 15 is 0 Å². The fourth-order valence-corrected chi connectivity index (χ4v) is 4.36. The Balaban J connectivity index is 1.30. The third kappa shape index (κ3) is 13.4. The van der Waals surface area contributed by atoms with Crippen molar-refractivity contribution in [1.82, 2.24) is 14.7 Å². The molecule has 0 fully saturated rings. The van der Waals surface area contributed by atoms with Gasteiger partial charge in [-0.2, -0.15) is 0 Å². The molecule has 3 rings (SSSR count). The van der Waals surface area contributed by atoms with E-state index in [0.29, 0.717) is 0 Å². The highest BCUT2D eigenvalue weighted by molar-refractivity contribution is 6.14. The van der Waals surface area contributed by atoms with Crippen molar-refractivity contribution in [3.8, 4) is 0 Å². The van der Waals surface area contributed by atoms with E-state index in [1.165, 1.54) is 0 Å². The lowest BCUT2D eigenvalue weighted by Crippen LogP contribution is -2.39. The maximum absolute atomic E-state index is 11.6. The van der Waals surface area contributed by atoms with Crippen molar-refractivity contribution < 1.29 is 72.5 Å². The van der Waals surface area contributed by atoms with E-state index in [0.717, 1.165) is 51.2 Å². The molecule has 0 saturated heterocycles. The van der Waals surface area contributed by atoms with Crippen molar-refractivity contribution in [2.45, 2.75) is 24.4 Å². The summed E-state index contributed by atoms with van der Waals surface area (Å²) in [6, 6.07) is 0. The van der Waals surface area contributed by atoms with Gasteiger partial charge in [0.15, 0.2) is 0 Å². The van der Waals surface area contributed by atoms with Crippen molar-refractivity contribution in [2.24, 2.45) is 0 Å². The Bertz CT molecular complexity index is 1110. The second-order valence-electron chi connectivity index (χ2n) is 10.7. The zero-order valence-electron chi connectivity index (χ0n) is 26.3. The van der Waals surface area contributed by atoms with Crippen molar-refractivity contribution in [1.29, 1.82) is 0 Å². The molecule has 3 heterocycles. The summed E-state index contributed by atoms with van der Waals surface area (Å²) >= 11 is 0. The molecule has 3 aliphatic heterocycles. The lowest BCUT2D eigenvalue weighted by molar-refractivity contribution is -0.140. The number of aliphatic hydroxyl groups excluding tert-OH is 3. The first-order valence-electron chi connectivity index (χ1n) is 15.2. The van der Waals surface area contributed by atoms with Gasteiger partial charge in [0, 0.05) is 36.5 Å². The lowest BCUT2D eigenvalue weighted by Gasteiger charge is -2.21. The smallest absolute Gasteiger partial charge is 0.253 e. The zero-order chi connectivity index (χ0) is 34.9. The number of hydrogen-bond acceptors (Lipinski definition) is 15. The third-order valence-corrected chi connectivity index (χ3v) is 6.75. The standard InChI is InChI=1S/C30H41N3O15/c34-21(13-31-25(37)1-2-26(31)38)16-43-7-9-46-19-24(48-12-11-45-18-23(36)15-33-29(41)5-6-30(33)42)20-47-10-8-44-17-22(35)14-32-27(39)3-4-28(32)40/h1-6,21-24,34-36H,7-20H2. The van der Waals surface area contributed by atoms with E-state index < -0.39 is 59.9 Å². The number of carbonyl (C=O) groups is 6. The SMILES string of the molecule is O=C1C=CC(=O)N1CC(O)COCCOCC(COCCOCC(O)CN1C(=O)C=CC1=O)OCCOCC(O)CN1C(=O)C=CC1=O. The molecule has 0 spiro atoms. The molecule has 0 aromatic carbocycles. The molecule has 6 amide bonds. The average Bonchev–Trinajstić information content (AvgIpc) is 3.66. The van der Waals surface area contributed by atoms with Crippen LogP contribution < -0.4 is 0 Å². The zero-order valence-corrected chi connectivity index (χ0v) is 26.3. The number of amides is 6. The highest BCUT2D eigenvalue weighted by Gasteiger charge is 2.27. The van der Waals surface area contributed by atoms with Crippen LogP contribution in [0.4, 0.5) is 0 Å². The monoisotopic (exact) mass is 683 g/mol. The number of hydrogen-bond donors (Lipinski definition) is 3.